The molecule has 0 aliphatic carbocycles. The maximum Gasteiger partial charge on any atom is 0.320 e. The predicted molar refractivity (Wildman–Crippen MR) is 57.2 cm³/mol. The van der Waals surface area contributed by atoms with E-state index in [9.17, 15) is 4.79 Å². The maximum atomic E-state index is 10.8. The molecule has 0 fully saturated rings. The fourth-order valence-corrected chi connectivity index (χ4v) is 1.33. The summed E-state index contributed by atoms with van der Waals surface area (Å²) in [7, 11) is 0. The molecular weight excluding hydrogens is 218 g/mol. The molecule has 0 bridgehead atoms. The molecule has 3 N–H and O–H groups in total. The van der Waals surface area contributed by atoms with E-state index in [0.29, 0.717) is 6.42 Å². The van der Waals surface area contributed by atoms with Crippen LogP contribution in [0.3, 0.4) is 0 Å². The predicted octanol–water partition coefficient (Wildman–Crippen LogP) is 0.767. The van der Waals surface area contributed by atoms with Gasteiger partial charge in [-0.15, -0.1) is 0 Å². The van der Waals surface area contributed by atoms with Crippen LogP contribution in [-0.2, 0) is 14.6 Å². The van der Waals surface area contributed by atoms with E-state index in [1.165, 1.54) is 0 Å². The third-order valence-corrected chi connectivity index (χ3v) is 2.05. The van der Waals surface area contributed by atoms with Crippen molar-refractivity contribution in [2.75, 3.05) is 26.3 Å². The molecule has 0 aliphatic heterocycles. The van der Waals surface area contributed by atoms with Crippen molar-refractivity contribution in [2.24, 2.45) is 0 Å². The first-order valence-electron chi connectivity index (χ1n) is 4.66. The number of nitrogens with zero attached hydrogens (tertiary/aromatic N) is 1. The van der Waals surface area contributed by atoms with E-state index in [2.05, 4.69) is 9.78 Å². The first-order valence-corrected chi connectivity index (χ1v) is 4.66. The summed E-state index contributed by atoms with van der Waals surface area (Å²) in [4.78, 5) is 20.2. The smallest absolute Gasteiger partial charge is 0.320 e. The standard InChI is InChI=1S/C8H17NO6.CH4/c1-2-7(8(10)11)9(3-5-14-12)4-6-15-13;/h7,12-13H,2-6H2,1H3,(H,10,11);1H4. The zero-order chi connectivity index (χ0) is 11.7. The van der Waals surface area contributed by atoms with Crippen LogP contribution in [0.5, 0.6) is 0 Å². The van der Waals surface area contributed by atoms with Crippen LogP contribution in [0.15, 0.2) is 0 Å². The molecule has 98 valence electrons. The second-order valence-electron chi connectivity index (χ2n) is 2.96. The molecule has 0 radical (unpaired) electrons. The van der Waals surface area contributed by atoms with Gasteiger partial charge in [0.15, 0.2) is 0 Å². The molecule has 0 saturated carbocycles. The SMILES string of the molecule is C.CCC(C(=O)O)N(CCOO)CCOO. The lowest BCUT2D eigenvalue weighted by molar-refractivity contribution is -0.253. The van der Waals surface area contributed by atoms with E-state index >= 15 is 0 Å². The quantitative estimate of drug-likeness (QED) is 0.403. The Morgan fingerprint density at radius 2 is 1.69 bits per heavy atom. The largest absolute Gasteiger partial charge is 0.480 e. The molecular formula is C9H21NO6. The molecule has 0 aromatic rings. The fourth-order valence-electron chi connectivity index (χ4n) is 1.33. The highest BCUT2D eigenvalue weighted by molar-refractivity contribution is 5.73. The molecule has 1 atom stereocenters. The second kappa shape index (κ2) is 10.8. The average Bonchev–Trinajstić information content (AvgIpc) is 2.21. The highest BCUT2D eigenvalue weighted by atomic mass is 17.1. The van der Waals surface area contributed by atoms with Gasteiger partial charge in [-0.2, -0.15) is 0 Å². The highest BCUT2D eigenvalue weighted by Gasteiger charge is 2.23. The Morgan fingerprint density at radius 3 is 1.94 bits per heavy atom. The zero-order valence-corrected chi connectivity index (χ0v) is 8.63. The minimum atomic E-state index is -0.951. The summed E-state index contributed by atoms with van der Waals surface area (Å²) < 4.78 is 0. The minimum absolute atomic E-state index is 0. The van der Waals surface area contributed by atoms with Crippen molar-refractivity contribution in [3.8, 4) is 0 Å². The Labute approximate surface area is 95.1 Å². The number of hydrogen-bond donors (Lipinski definition) is 3. The van der Waals surface area contributed by atoms with E-state index in [1.54, 1.807) is 11.8 Å². The zero-order valence-electron chi connectivity index (χ0n) is 8.63. The lowest BCUT2D eigenvalue weighted by Crippen LogP contribution is -2.44. The van der Waals surface area contributed by atoms with Gasteiger partial charge in [0.1, 0.15) is 6.04 Å². The van der Waals surface area contributed by atoms with Gasteiger partial charge in [0.2, 0.25) is 0 Å². The molecule has 0 spiro atoms. The normalized spacial score (nSPS) is 12.2. The van der Waals surface area contributed by atoms with E-state index in [4.69, 9.17) is 15.6 Å². The van der Waals surface area contributed by atoms with Crippen LogP contribution >= 0.6 is 0 Å². The van der Waals surface area contributed by atoms with Gasteiger partial charge < -0.3 is 5.11 Å². The summed E-state index contributed by atoms with van der Waals surface area (Å²) >= 11 is 0. The van der Waals surface area contributed by atoms with Gasteiger partial charge in [0.25, 0.3) is 0 Å². The maximum absolute atomic E-state index is 10.8. The Kier molecular flexibility index (Phi) is 11.9. The number of carboxylic acid groups (broad SMARTS) is 1. The lowest BCUT2D eigenvalue weighted by atomic mass is 10.2. The monoisotopic (exact) mass is 239 g/mol. The van der Waals surface area contributed by atoms with E-state index in [0.717, 1.165) is 0 Å². The summed E-state index contributed by atoms with van der Waals surface area (Å²) in [5.74, 6) is -0.951. The summed E-state index contributed by atoms with van der Waals surface area (Å²) in [6.07, 6.45) is 0.423. The van der Waals surface area contributed by atoms with Crippen molar-refractivity contribution in [3.05, 3.63) is 0 Å². The first kappa shape index (κ1) is 17.7. The molecule has 0 aromatic heterocycles. The van der Waals surface area contributed by atoms with Gasteiger partial charge >= 0.3 is 5.97 Å². The van der Waals surface area contributed by atoms with Crippen LogP contribution in [0.1, 0.15) is 20.8 Å². The summed E-state index contributed by atoms with van der Waals surface area (Å²) in [5, 5.41) is 25.3. The van der Waals surface area contributed by atoms with E-state index in [1.807, 2.05) is 0 Å². The van der Waals surface area contributed by atoms with Crippen LogP contribution in [0.2, 0.25) is 0 Å². The van der Waals surface area contributed by atoms with Crippen molar-refractivity contribution in [3.63, 3.8) is 0 Å². The van der Waals surface area contributed by atoms with Crippen LogP contribution < -0.4 is 0 Å². The highest BCUT2D eigenvalue weighted by Crippen LogP contribution is 2.04. The first-order chi connectivity index (χ1) is 7.17. The van der Waals surface area contributed by atoms with Gasteiger partial charge in [0.05, 0.1) is 13.2 Å². The Morgan fingerprint density at radius 1 is 1.25 bits per heavy atom. The van der Waals surface area contributed by atoms with Gasteiger partial charge in [-0.05, 0) is 6.42 Å². The summed E-state index contributed by atoms with van der Waals surface area (Å²) in [6.45, 7) is 2.27. The Balaban J connectivity index is 0. The average molecular weight is 239 g/mol. The van der Waals surface area contributed by atoms with Crippen LogP contribution in [0, 0.1) is 0 Å². The van der Waals surface area contributed by atoms with Gasteiger partial charge in [0, 0.05) is 13.1 Å². The molecule has 7 nitrogen and oxygen atoms in total. The summed E-state index contributed by atoms with van der Waals surface area (Å²) in [6, 6.07) is -0.671. The molecule has 0 rings (SSSR count). The number of carbonyl (C=O) groups is 1. The van der Waals surface area contributed by atoms with Crippen molar-refractivity contribution in [2.45, 2.75) is 26.8 Å². The summed E-state index contributed by atoms with van der Waals surface area (Å²) in [5.41, 5.74) is 0. The van der Waals surface area contributed by atoms with Crippen molar-refractivity contribution < 1.29 is 30.2 Å². The molecule has 16 heavy (non-hydrogen) atoms. The van der Waals surface area contributed by atoms with Crippen LogP contribution in [-0.4, -0.2) is 58.8 Å². The number of hydrogen-bond acceptors (Lipinski definition) is 6. The van der Waals surface area contributed by atoms with Crippen molar-refractivity contribution in [1.82, 2.24) is 4.90 Å². The number of rotatable bonds is 9. The molecule has 0 aromatic carbocycles. The lowest BCUT2D eigenvalue weighted by Gasteiger charge is -2.26. The van der Waals surface area contributed by atoms with Crippen molar-refractivity contribution in [1.29, 1.82) is 0 Å². The molecule has 7 heteroatoms. The molecule has 0 saturated heterocycles. The topological polar surface area (TPSA) is 99.5 Å². The molecule has 0 heterocycles. The number of aliphatic carboxylic acids is 1. The second-order valence-corrected chi connectivity index (χ2v) is 2.96. The fraction of sp³-hybridized carbons (Fsp3) is 0.889. The van der Waals surface area contributed by atoms with Gasteiger partial charge in [-0.3, -0.25) is 20.2 Å². The van der Waals surface area contributed by atoms with E-state index < -0.39 is 12.0 Å². The Bertz CT molecular complexity index is 169. The minimum Gasteiger partial charge on any atom is -0.480 e. The third kappa shape index (κ3) is 6.70. The van der Waals surface area contributed by atoms with Crippen molar-refractivity contribution >= 4 is 5.97 Å². The molecule has 0 amide bonds. The number of carboxylic acids is 1. The van der Waals surface area contributed by atoms with Crippen LogP contribution in [0.4, 0.5) is 0 Å². The Hall–Kier alpha value is -0.730. The molecule has 1 unspecified atom stereocenters. The molecule has 0 aliphatic rings. The third-order valence-electron chi connectivity index (χ3n) is 2.05. The van der Waals surface area contributed by atoms with E-state index in [-0.39, 0.29) is 33.7 Å². The van der Waals surface area contributed by atoms with Gasteiger partial charge in [-0.25, -0.2) is 9.78 Å². The van der Waals surface area contributed by atoms with Gasteiger partial charge in [-0.1, -0.05) is 14.4 Å². The van der Waals surface area contributed by atoms with Crippen LogP contribution in [0.25, 0.3) is 0 Å².